The van der Waals surface area contributed by atoms with E-state index < -0.39 is 12.0 Å². The minimum Gasteiger partial charge on any atom is -0.497 e. The third kappa shape index (κ3) is 6.45. The van der Waals surface area contributed by atoms with Crippen LogP contribution in [0.25, 0.3) is 0 Å². The molecule has 0 spiro atoms. The number of rotatable bonds is 8. The number of methoxy groups -OCH3 is 1. The molecule has 3 rings (SSSR count). The van der Waals surface area contributed by atoms with E-state index in [9.17, 15) is 14.4 Å². The van der Waals surface area contributed by atoms with Gasteiger partial charge in [0.2, 0.25) is 0 Å². The summed E-state index contributed by atoms with van der Waals surface area (Å²) < 4.78 is 10.7. The highest BCUT2D eigenvalue weighted by Crippen LogP contribution is 2.32. The van der Waals surface area contributed by atoms with Crippen molar-refractivity contribution in [3.05, 3.63) is 41.1 Å². The highest BCUT2D eigenvalue weighted by atomic mass is 16.5. The number of amides is 4. The Hall–Kier alpha value is -3.27. The summed E-state index contributed by atoms with van der Waals surface area (Å²) in [6, 6.07) is 6.31. The van der Waals surface area contributed by atoms with E-state index in [0.29, 0.717) is 49.7 Å². The first-order valence-electron chi connectivity index (χ1n) is 12.2. The summed E-state index contributed by atoms with van der Waals surface area (Å²) in [6.45, 7) is 7.70. The van der Waals surface area contributed by atoms with E-state index in [1.165, 1.54) is 4.90 Å². The number of carbonyl (C=O) groups is 3. The van der Waals surface area contributed by atoms with E-state index in [1.807, 2.05) is 24.0 Å². The summed E-state index contributed by atoms with van der Waals surface area (Å²) in [5.41, 5.74) is 1.79. The first-order chi connectivity index (χ1) is 16.9. The standard InChI is InChI=1S/C25H37N5O5/c1-5-12-26-24(32)30-14-7-13-29(15-16-30)17-20-21(23(31)35-6-2)22(27-25(33)28(20)3)18-8-10-19(34-4)11-9-18/h8-11,22H,5-7,12-17H2,1-4H3,(H,26,32)(H,27,33)/t22-/m0/s1. The second kappa shape index (κ2) is 12.4. The van der Waals surface area contributed by atoms with E-state index in [0.717, 1.165) is 24.9 Å². The number of urea groups is 2. The molecule has 1 atom stereocenters. The fourth-order valence-corrected chi connectivity index (χ4v) is 4.33. The molecule has 1 saturated heterocycles. The number of likely N-dealkylation sites (N-methyl/N-ethyl adjacent to an activating group) is 1. The van der Waals surface area contributed by atoms with Crippen LogP contribution in [0.15, 0.2) is 35.5 Å². The summed E-state index contributed by atoms with van der Waals surface area (Å²) in [4.78, 5) is 44.0. The lowest BCUT2D eigenvalue weighted by atomic mass is 9.94. The molecule has 10 heteroatoms. The topological polar surface area (TPSA) is 103 Å². The Labute approximate surface area is 207 Å². The summed E-state index contributed by atoms with van der Waals surface area (Å²) in [7, 11) is 3.25. The maximum Gasteiger partial charge on any atom is 0.338 e. The Balaban J connectivity index is 1.88. The van der Waals surface area contributed by atoms with Gasteiger partial charge in [0.25, 0.3) is 0 Å². The van der Waals surface area contributed by atoms with Crippen molar-refractivity contribution in [1.82, 2.24) is 25.3 Å². The zero-order chi connectivity index (χ0) is 25.4. The first kappa shape index (κ1) is 26.3. The number of esters is 1. The molecule has 1 aromatic carbocycles. The van der Waals surface area contributed by atoms with Crippen molar-refractivity contribution in [2.24, 2.45) is 0 Å². The van der Waals surface area contributed by atoms with Crippen LogP contribution in [0.2, 0.25) is 0 Å². The van der Waals surface area contributed by atoms with Gasteiger partial charge in [-0.1, -0.05) is 19.1 Å². The number of nitrogens with zero attached hydrogens (tertiary/aromatic N) is 3. The molecule has 2 aliphatic heterocycles. The van der Waals surface area contributed by atoms with Gasteiger partial charge in [-0.15, -0.1) is 0 Å². The van der Waals surface area contributed by atoms with Crippen LogP contribution in [0.3, 0.4) is 0 Å². The molecule has 0 bridgehead atoms. The number of ether oxygens (including phenoxy) is 2. The Bertz CT molecular complexity index is 933. The molecule has 0 aromatic heterocycles. The van der Waals surface area contributed by atoms with Crippen LogP contribution in [0.1, 0.15) is 38.3 Å². The zero-order valence-corrected chi connectivity index (χ0v) is 21.1. The lowest BCUT2D eigenvalue weighted by Gasteiger charge is -2.36. The number of hydrogen-bond donors (Lipinski definition) is 2. The van der Waals surface area contributed by atoms with Crippen LogP contribution < -0.4 is 15.4 Å². The van der Waals surface area contributed by atoms with Crippen molar-refractivity contribution in [2.75, 3.05) is 60.0 Å². The monoisotopic (exact) mass is 487 g/mol. The number of benzene rings is 1. The minimum absolute atomic E-state index is 0.0474. The van der Waals surface area contributed by atoms with Crippen LogP contribution in [0, 0.1) is 0 Å². The smallest absolute Gasteiger partial charge is 0.338 e. The maximum absolute atomic E-state index is 13.2. The zero-order valence-electron chi connectivity index (χ0n) is 21.1. The van der Waals surface area contributed by atoms with E-state index in [-0.39, 0.29) is 18.7 Å². The molecule has 0 saturated carbocycles. The lowest BCUT2D eigenvalue weighted by molar-refractivity contribution is -0.139. The summed E-state index contributed by atoms with van der Waals surface area (Å²) in [5.74, 6) is 0.234. The molecule has 192 valence electrons. The molecule has 0 unspecified atom stereocenters. The Morgan fingerprint density at radius 3 is 2.51 bits per heavy atom. The van der Waals surface area contributed by atoms with Gasteiger partial charge in [-0.3, -0.25) is 9.80 Å². The van der Waals surface area contributed by atoms with E-state index in [4.69, 9.17) is 9.47 Å². The molecule has 0 radical (unpaired) electrons. The van der Waals surface area contributed by atoms with Crippen LogP contribution in [-0.4, -0.2) is 92.8 Å². The highest BCUT2D eigenvalue weighted by molar-refractivity contribution is 5.95. The van der Waals surface area contributed by atoms with Gasteiger partial charge in [0.1, 0.15) is 5.75 Å². The van der Waals surface area contributed by atoms with Crippen molar-refractivity contribution < 1.29 is 23.9 Å². The van der Waals surface area contributed by atoms with Gasteiger partial charge in [0.05, 0.1) is 25.3 Å². The average Bonchev–Trinajstić information content (AvgIpc) is 3.11. The van der Waals surface area contributed by atoms with Crippen molar-refractivity contribution in [3.63, 3.8) is 0 Å². The molecule has 0 aliphatic carbocycles. The second-order valence-corrected chi connectivity index (χ2v) is 8.64. The summed E-state index contributed by atoms with van der Waals surface area (Å²) in [6.07, 6.45) is 1.69. The number of carbonyl (C=O) groups excluding carboxylic acids is 3. The quantitative estimate of drug-likeness (QED) is 0.546. The average molecular weight is 488 g/mol. The van der Waals surface area contributed by atoms with Gasteiger partial charge in [0.15, 0.2) is 0 Å². The molecule has 2 heterocycles. The largest absolute Gasteiger partial charge is 0.497 e. The van der Waals surface area contributed by atoms with Crippen molar-refractivity contribution in [3.8, 4) is 5.75 Å². The van der Waals surface area contributed by atoms with Gasteiger partial charge in [-0.25, -0.2) is 14.4 Å². The normalized spacial score (nSPS) is 19.2. The maximum atomic E-state index is 13.2. The van der Waals surface area contributed by atoms with Crippen LogP contribution in [0.5, 0.6) is 5.75 Å². The number of nitrogens with one attached hydrogen (secondary N) is 2. The first-order valence-corrected chi connectivity index (χ1v) is 12.2. The molecule has 35 heavy (non-hydrogen) atoms. The fourth-order valence-electron chi connectivity index (χ4n) is 4.33. The van der Waals surface area contributed by atoms with Crippen LogP contribution in [0.4, 0.5) is 9.59 Å². The molecule has 4 amide bonds. The van der Waals surface area contributed by atoms with Crippen molar-refractivity contribution in [2.45, 2.75) is 32.7 Å². The van der Waals surface area contributed by atoms with Gasteiger partial charge < -0.3 is 25.0 Å². The van der Waals surface area contributed by atoms with E-state index in [1.54, 1.807) is 33.2 Å². The van der Waals surface area contributed by atoms with Gasteiger partial charge >= 0.3 is 18.0 Å². The lowest BCUT2D eigenvalue weighted by Crippen LogP contribution is -2.49. The van der Waals surface area contributed by atoms with Gasteiger partial charge in [0, 0.05) is 52.0 Å². The molecule has 2 aliphatic rings. The summed E-state index contributed by atoms with van der Waals surface area (Å²) >= 11 is 0. The van der Waals surface area contributed by atoms with Crippen LogP contribution in [-0.2, 0) is 9.53 Å². The molecule has 10 nitrogen and oxygen atoms in total. The Morgan fingerprint density at radius 2 is 1.86 bits per heavy atom. The number of hydrogen-bond acceptors (Lipinski definition) is 6. The van der Waals surface area contributed by atoms with Gasteiger partial charge in [-0.2, -0.15) is 0 Å². The van der Waals surface area contributed by atoms with Crippen molar-refractivity contribution in [1.29, 1.82) is 0 Å². The third-order valence-electron chi connectivity index (χ3n) is 6.30. The molecule has 1 aromatic rings. The molecule has 1 fully saturated rings. The predicted molar refractivity (Wildman–Crippen MR) is 132 cm³/mol. The Morgan fingerprint density at radius 1 is 1.11 bits per heavy atom. The molecular formula is C25H37N5O5. The fraction of sp³-hybridized carbons (Fsp3) is 0.560. The van der Waals surface area contributed by atoms with Crippen molar-refractivity contribution >= 4 is 18.0 Å². The summed E-state index contributed by atoms with van der Waals surface area (Å²) in [5, 5.41) is 5.87. The minimum atomic E-state index is -0.637. The molecular weight excluding hydrogens is 450 g/mol. The second-order valence-electron chi connectivity index (χ2n) is 8.64. The van der Waals surface area contributed by atoms with E-state index >= 15 is 0 Å². The van der Waals surface area contributed by atoms with Gasteiger partial charge in [-0.05, 0) is 37.5 Å². The SMILES string of the molecule is CCCNC(=O)N1CCCN(CC2=C(C(=O)OCC)[C@H](c3ccc(OC)cc3)NC(=O)N2C)CC1. The predicted octanol–water partition coefficient (Wildman–Crippen LogP) is 2.34. The van der Waals surface area contributed by atoms with Crippen LogP contribution >= 0.6 is 0 Å². The highest BCUT2D eigenvalue weighted by Gasteiger charge is 2.37. The van der Waals surface area contributed by atoms with E-state index in [2.05, 4.69) is 15.5 Å². The Kier molecular flexibility index (Phi) is 9.36. The molecule has 2 N–H and O–H groups in total. The third-order valence-corrected chi connectivity index (χ3v) is 6.30.